The molecule has 1 N–H and O–H groups in total. The molecule has 0 spiro atoms. The summed E-state index contributed by atoms with van der Waals surface area (Å²) >= 11 is 6.25. The summed E-state index contributed by atoms with van der Waals surface area (Å²) in [5.74, 6) is -0.418. The molecule has 0 aromatic carbocycles. The molecule has 0 aliphatic carbocycles. The fraction of sp³-hybridized carbons (Fsp3) is 0.263. The summed E-state index contributed by atoms with van der Waals surface area (Å²) in [7, 11) is 1.47. The van der Waals surface area contributed by atoms with Crippen molar-refractivity contribution in [2.24, 2.45) is 7.05 Å². The standard InChI is InChI=1S/C19H16ClF2N7O/c1-27-14(8-13(25-27)18(21)22)19(30)28-6-5-11-16(24-9-23-11)17(28)12-7-10-3-2-4-15(20)29(10)26-12/h2-4,7-9,17-18H,5-6H2,1H3,(H,23,24)/t17-/m0/s1. The molecule has 154 valence electrons. The van der Waals surface area contributed by atoms with Crippen LogP contribution in [0.15, 0.2) is 36.7 Å². The van der Waals surface area contributed by atoms with E-state index in [1.165, 1.54) is 11.7 Å². The van der Waals surface area contributed by atoms with Crippen molar-refractivity contribution in [1.82, 2.24) is 34.3 Å². The number of pyridine rings is 1. The third kappa shape index (κ3) is 2.86. The predicted molar refractivity (Wildman–Crippen MR) is 104 cm³/mol. The van der Waals surface area contributed by atoms with Crippen LogP contribution in [-0.4, -0.2) is 46.7 Å². The molecule has 1 amide bonds. The van der Waals surface area contributed by atoms with Crippen molar-refractivity contribution < 1.29 is 13.6 Å². The molecule has 5 rings (SSSR count). The Morgan fingerprint density at radius 3 is 2.87 bits per heavy atom. The van der Waals surface area contributed by atoms with Gasteiger partial charge in [-0.2, -0.15) is 10.2 Å². The lowest BCUT2D eigenvalue weighted by molar-refractivity contribution is 0.0675. The van der Waals surface area contributed by atoms with Crippen LogP contribution >= 0.6 is 11.6 Å². The number of aryl methyl sites for hydroxylation is 1. The van der Waals surface area contributed by atoms with Gasteiger partial charge in [0.15, 0.2) is 0 Å². The number of amides is 1. The number of hydrogen-bond donors (Lipinski definition) is 1. The highest BCUT2D eigenvalue weighted by molar-refractivity contribution is 6.29. The number of carbonyl (C=O) groups is 1. The Balaban J connectivity index is 1.62. The van der Waals surface area contributed by atoms with Gasteiger partial charge in [0.05, 0.1) is 23.2 Å². The maximum atomic E-state index is 13.4. The Kier molecular flexibility index (Phi) is 4.31. The first-order valence-electron chi connectivity index (χ1n) is 9.23. The number of imidazole rings is 1. The summed E-state index contributed by atoms with van der Waals surface area (Å²) in [6, 6.07) is 7.77. The highest BCUT2D eigenvalue weighted by Crippen LogP contribution is 2.35. The largest absolute Gasteiger partial charge is 0.348 e. The molecule has 1 aliphatic rings. The summed E-state index contributed by atoms with van der Waals surface area (Å²) < 4.78 is 28.9. The molecule has 11 heteroatoms. The summed E-state index contributed by atoms with van der Waals surface area (Å²) in [4.78, 5) is 22.5. The molecule has 5 heterocycles. The fourth-order valence-corrected chi connectivity index (χ4v) is 4.08. The number of H-pyrrole nitrogens is 1. The van der Waals surface area contributed by atoms with Crippen molar-refractivity contribution >= 4 is 23.0 Å². The number of rotatable bonds is 3. The molecule has 4 aromatic heterocycles. The van der Waals surface area contributed by atoms with E-state index in [0.717, 1.165) is 17.3 Å². The Hall–Kier alpha value is -3.27. The monoisotopic (exact) mass is 431 g/mol. The molecule has 30 heavy (non-hydrogen) atoms. The Labute approximate surface area is 174 Å². The first-order valence-corrected chi connectivity index (χ1v) is 9.61. The Morgan fingerprint density at radius 1 is 1.30 bits per heavy atom. The maximum absolute atomic E-state index is 13.4. The van der Waals surface area contributed by atoms with E-state index < -0.39 is 24.1 Å². The minimum Gasteiger partial charge on any atom is -0.348 e. The first-order chi connectivity index (χ1) is 14.4. The highest BCUT2D eigenvalue weighted by atomic mass is 35.5. The molecule has 1 aliphatic heterocycles. The summed E-state index contributed by atoms with van der Waals surface area (Å²) in [6.45, 7) is 0.371. The van der Waals surface area contributed by atoms with Gasteiger partial charge in [-0.25, -0.2) is 18.3 Å². The molecule has 0 bridgehead atoms. The normalized spacial score (nSPS) is 16.4. The van der Waals surface area contributed by atoms with E-state index in [-0.39, 0.29) is 5.69 Å². The lowest BCUT2D eigenvalue weighted by atomic mass is 9.99. The van der Waals surface area contributed by atoms with Crippen LogP contribution in [0.4, 0.5) is 8.78 Å². The zero-order chi connectivity index (χ0) is 21.0. The number of alkyl halides is 2. The van der Waals surface area contributed by atoms with Crippen molar-refractivity contribution in [3.05, 3.63) is 70.3 Å². The number of aromatic amines is 1. The van der Waals surface area contributed by atoms with Crippen LogP contribution < -0.4 is 0 Å². The molecule has 0 fully saturated rings. The Morgan fingerprint density at radius 2 is 2.13 bits per heavy atom. The number of nitrogens with one attached hydrogen (secondary N) is 1. The van der Waals surface area contributed by atoms with Crippen LogP contribution in [0, 0.1) is 0 Å². The van der Waals surface area contributed by atoms with Crippen molar-refractivity contribution in [1.29, 1.82) is 0 Å². The van der Waals surface area contributed by atoms with Crippen LogP contribution in [0.25, 0.3) is 5.52 Å². The summed E-state index contributed by atoms with van der Waals surface area (Å²) in [5.41, 5.74) is 2.58. The van der Waals surface area contributed by atoms with Crippen LogP contribution in [0.1, 0.15) is 45.7 Å². The van der Waals surface area contributed by atoms with E-state index in [9.17, 15) is 13.6 Å². The van der Waals surface area contributed by atoms with E-state index in [2.05, 4.69) is 20.2 Å². The zero-order valence-electron chi connectivity index (χ0n) is 15.8. The summed E-state index contributed by atoms with van der Waals surface area (Å²) in [6.07, 6.45) is -0.619. The van der Waals surface area contributed by atoms with Gasteiger partial charge in [0.2, 0.25) is 0 Å². The van der Waals surface area contributed by atoms with Crippen LogP contribution in [0.2, 0.25) is 5.15 Å². The Bertz CT molecular complexity index is 1260. The van der Waals surface area contributed by atoms with Gasteiger partial charge < -0.3 is 9.88 Å². The fourth-order valence-electron chi connectivity index (χ4n) is 3.87. The lowest BCUT2D eigenvalue weighted by Gasteiger charge is -2.33. The van der Waals surface area contributed by atoms with Crippen molar-refractivity contribution in [3.8, 4) is 0 Å². The van der Waals surface area contributed by atoms with E-state index in [1.807, 2.05) is 18.2 Å². The highest BCUT2D eigenvalue weighted by Gasteiger charge is 2.37. The van der Waals surface area contributed by atoms with Crippen molar-refractivity contribution in [2.45, 2.75) is 18.9 Å². The number of fused-ring (bicyclic) bond motifs is 2. The van der Waals surface area contributed by atoms with Gasteiger partial charge >= 0.3 is 0 Å². The molecule has 8 nitrogen and oxygen atoms in total. The van der Waals surface area contributed by atoms with E-state index in [4.69, 9.17) is 11.6 Å². The van der Waals surface area contributed by atoms with Crippen molar-refractivity contribution in [2.75, 3.05) is 6.54 Å². The predicted octanol–water partition coefficient (Wildman–Crippen LogP) is 3.17. The smallest absolute Gasteiger partial charge is 0.282 e. The third-order valence-corrected chi connectivity index (χ3v) is 5.55. The van der Waals surface area contributed by atoms with Gasteiger partial charge in [0.1, 0.15) is 22.6 Å². The number of hydrogen-bond acceptors (Lipinski definition) is 4. The summed E-state index contributed by atoms with van der Waals surface area (Å²) in [5, 5.41) is 8.79. The van der Waals surface area contributed by atoms with Gasteiger partial charge in [0.25, 0.3) is 12.3 Å². The molecule has 0 radical (unpaired) electrons. The van der Waals surface area contributed by atoms with Crippen LogP contribution in [-0.2, 0) is 13.5 Å². The maximum Gasteiger partial charge on any atom is 0.282 e. The zero-order valence-corrected chi connectivity index (χ0v) is 16.5. The van der Waals surface area contributed by atoms with Gasteiger partial charge in [-0.05, 0) is 24.3 Å². The van der Waals surface area contributed by atoms with E-state index >= 15 is 0 Å². The number of halogens is 3. The van der Waals surface area contributed by atoms with E-state index in [1.54, 1.807) is 21.8 Å². The van der Waals surface area contributed by atoms with Crippen molar-refractivity contribution in [3.63, 3.8) is 0 Å². The van der Waals surface area contributed by atoms with Gasteiger partial charge in [-0.1, -0.05) is 17.7 Å². The molecular formula is C19H16ClF2N7O. The average Bonchev–Trinajstić information content (AvgIpc) is 3.44. The minimum absolute atomic E-state index is 0.0797. The number of carbonyl (C=O) groups excluding carboxylic acids is 1. The quantitative estimate of drug-likeness (QED) is 0.505. The molecule has 0 saturated heterocycles. The second kappa shape index (κ2) is 6.91. The number of aromatic nitrogens is 6. The van der Waals surface area contributed by atoms with Gasteiger partial charge in [-0.15, -0.1) is 0 Å². The average molecular weight is 432 g/mol. The second-order valence-electron chi connectivity index (χ2n) is 7.05. The number of nitrogens with zero attached hydrogens (tertiary/aromatic N) is 6. The topological polar surface area (TPSA) is 84.1 Å². The van der Waals surface area contributed by atoms with E-state index in [0.29, 0.717) is 29.5 Å². The SMILES string of the molecule is Cn1nc(C(F)F)cc1C(=O)N1CCc2[nH]cnc2[C@@H]1c1cc2cccc(Cl)n2n1. The molecule has 0 saturated carbocycles. The molecular weight excluding hydrogens is 416 g/mol. The van der Waals surface area contributed by atoms with Gasteiger partial charge in [-0.3, -0.25) is 9.48 Å². The van der Waals surface area contributed by atoms with Gasteiger partial charge in [0, 0.05) is 25.7 Å². The van der Waals surface area contributed by atoms with Crippen LogP contribution in [0.5, 0.6) is 0 Å². The lowest BCUT2D eigenvalue weighted by Crippen LogP contribution is -2.41. The second-order valence-corrected chi connectivity index (χ2v) is 7.44. The molecule has 1 atom stereocenters. The molecule has 4 aromatic rings. The minimum atomic E-state index is -2.76. The first kappa shape index (κ1) is 18.7. The van der Waals surface area contributed by atoms with Crippen LogP contribution in [0.3, 0.4) is 0 Å². The molecule has 0 unspecified atom stereocenters. The third-order valence-electron chi connectivity index (χ3n) is 5.27.